The molecule has 3 atom stereocenters. The van der Waals surface area contributed by atoms with Gasteiger partial charge in [-0.2, -0.15) is 11.8 Å². The van der Waals surface area contributed by atoms with Crippen LogP contribution in [0.2, 0.25) is 0 Å². The van der Waals surface area contributed by atoms with Crippen LogP contribution >= 0.6 is 11.8 Å². The van der Waals surface area contributed by atoms with Gasteiger partial charge in [0.15, 0.2) is 0 Å². The minimum Gasteiger partial charge on any atom is -0.330 e. The number of fused-ring (bicyclic) bond motifs is 1. The molecule has 1 heterocycles. The number of nitrogens with two attached hydrogens (primary N) is 1. The summed E-state index contributed by atoms with van der Waals surface area (Å²) in [6.07, 6.45) is 7.19. The van der Waals surface area contributed by atoms with E-state index in [1.807, 2.05) is 0 Å². The van der Waals surface area contributed by atoms with Crippen molar-refractivity contribution in [2.75, 3.05) is 12.3 Å². The fraction of sp³-hybridized carbons (Fsp3) is 1.00. The van der Waals surface area contributed by atoms with Crippen molar-refractivity contribution in [3.05, 3.63) is 0 Å². The van der Waals surface area contributed by atoms with Gasteiger partial charge in [-0.1, -0.05) is 12.8 Å². The van der Waals surface area contributed by atoms with Crippen LogP contribution in [0.4, 0.5) is 0 Å². The van der Waals surface area contributed by atoms with Crippen LogP contribution in [0, 0.1) is 11.8 Å². The summed E-state index contributed by atoms with van der Waals surface area (Å²) < 4.78 is 0. The lowest BCUT2D eigenvalue weighted by Crippen LogP contribution is -2.24. The van der Waals surface area contributed by atoms with E-state index in [4.69, 9.17) is 5.73 Å². The molecule has 0 spiro atoms. The smallest absolute Gasteiger partial charge is 0.00783 e. The highest BCUT2D eigenvalue weighted by molar-refractivity contribution is 8.00. The van der Waals surface area contributed by atoms with Gasteiger partial charge in [0.1, 0.15) is 0 Å². The van der Waals surface area contributed by atoms with Gasteiger partial charge in [-0.15, -0.1) is 0 Å². The van der Waals surface area contributed by atoms with Gasteiger partial charge >= 0.3 is 0 Å². The van der Waals surface area contributed by atoms with Crippen molar-refractivity contribution in [2.24, 2.45) is 17.6 Å². The first-order chi connectivity index (χ1) is 5.92. The maximum Gasteiger partial charge on any atom is 0.00783 e. The molecule has 3 unspecified atom stereocenters. The summed E-state index contributed by atoms with van der Waals surface area (Å²) >= 11 is 2.22. The van der Waals surface area contributed by atoms with Crippen LogP contribution in [0.5, 0.6) is 0 Å². The molecule has 1 aliphatic carbocycles. The first-order valence-electron chi connectivity index (χ1n) is 5.23. The zero-order chi connectivity index (χ0) is 8.39. The molecule has 2 heteroatoms. The zero-order valence-corrected chi connectivity index (χ0v) is 8.48. The zero-order valence-electron chi connectivity index (χ0n) is 7.67. The lowest BCUT2D eigenvalue weighted by atomic mass is 9.79. The standard InChI is InChI=1S/C10H19NS/c11-6-5-8-7-12-10-4-2-1-3-9(8)10/h8-10H,1-7,11H2. The minimum atomic E-state index is 0.897. The summed E-state index contributed by atoms with van der Waals surface area (Å²) in [6.45, 7) is 0.897. The summed E-state index contributed by atoms with van der Waals surface area (Å²) in [5, 5.41) is 1.01. The highest BCUT2D eigenvalue weighted by Crippen LogP contribution is 2.46. The second-order valence-electron chi connectivity index (χ2n) is 4.16. The predicted octanol–water partition coefficient (Wildman–Crippen LogP) is 2.26. The minimum absolute atomic E-state index is 0.897. The van der Waals surface area contributed by atoms with Crippen LogP contribution in [0.3, 0.4) is 0 Å². The van der Waals surface area contributed by atoms with Gasteiger partial charge in [0.2, 0.25) is 0 Å². The van der Waals surface area contributed by atoms with E-state index in [0.29, 0.717) is 0 Å². The van der Waals surface area contributed by atoms with E-state index in [1.165, 1.54) is 37.9 Å². The predicted molar refractivity (Wildman–Crippen MR) is 55.4 cm³/mol. The molecule has 0 aromatic carbocycles. The molecule has 2 aliphatic rings. The Morgan fingerprint density at radius 1 is 1.25 bits per heavy atom. The van der Waals surface area contributed by atoms with Crippen molar-refractivity contribution in [1.82, 2.24) is 0 Å². The van der Waals surface area contributed by atoms with Crippen LogP contribution in [0.25, 0.3) is 0 Å². The van der Waals surface area contributed by atoms with Gasteiger partial charge in [-0.3, -0.25) is 0 Å². The van der Waals surface area contributed by atoms with Crippen LogP contribution < -0.4 is 5.73 Å². The Balaban J connectivity index is 1.92. The number of hydrogen-bond acceptors (Lipinski definition) is 2. The van der Waals surface area contributed by atoms with E-state index in [-0.39, 0.29) is 0 Å². The summed E-state index contributed by atoms with van der Waals surface area (Å²) in [5.41, 5.74) is 5.62. The van der Waals surface area contributed by atoms with Gasteiger partial charge < -0.3 is 5.73 Å². The Morgan fingerprint density at radius 3 is 2.92 bits per heavy atom. The number of thioether (sulfide) groups is 1. The molecule has 1 nitrogen and oxygen atoms in total. The third-order valence-corrected chi connectivity index (χ3v) is 5.06. The van der Waals surface area contributed by atoms with Crippen molar-refractivity contribution in [1.29, 1.82) is 0 Å². The van der Waals surface area contributed by atoms with Crippen LogP contribution in [0.1, 0.15) is 32.1 Å². The average Bonchev–Trinajstić information content (AvgIpc) is 2.50. The molecule has 0 aromatic heterocycles. The molecule has 2 rings (SSSR count). The monoisotopic (exact) mass is 185 g/mol. The summed E-state index contributed by atoms with van der Waals surface area (Å²) in [5.74, 6) is 3.39. The molecule has 70 valence electrons. The molecule has 0 radical (unpaired) electrons. The van der Waals surface area contributed by atoms with Crippen LogP contribution in [0.15, 0.2) is 0 Å². The molecule has 12 heavy (non-hydrogen) atoms. The van der Waals surface area contributed by atoms with E-state index in [1.54, 1.807) is 0 Å². The molecule has 2 fully saturated rings. The second-order valence-corrected chi connectivity index (χ2v) is 5.43. The number of hydrogen-bond donors (Lipinski definition) is 1. The van der Waals surface area contributed by atoms with E-state index in [2.05, 4.69) is 11.8 Å². The molecular formula is C10H19NS. The quantitative estimate of drug-likeness (QED) is 0.714. The third kappa shape index (κ3) is 1.64. The molecule has 1 saturated carbocycles. The Kier molecular flexibility index (Phi) is 2.97. The molecular weight excluding hydrogens is 166 g/mol. The molecule has 0 aromatic rings. The summed E-state index contributed by atoms with van der Waals surface area (Å²) in [6, 6.07) is 0. The van der Waals surface area contributed by atoms with Gasteiger partial charge in [-0.25, -0.2) is 0 Å². The first-order valence-corrected chi connectivity index (χ1v) is 6.28. The van der Waals surface area contributed by atoms with Crippen molar-refractivity contribution < 1.29 is 0 Å². The fourth-order valence-electron chi connectivity index (χ4n) is 2.75. The van der Waals surface area contributed by atoms with Crippen molar-refractivity contribution >= 4 is 11.8 Å². The molecule has 1 aliphatic heterocycles. The van der Waals surface area contributed by atoms with E-state index >= 15 is 0 Å². The lowest BCUT2D eigenvalue weighted by molar-refractivity contribution is 0.285. The highest BCUT2D eigenvalue weighted by atomic mass is 32.2. The summed E-state index contributed by atoms with van der Waals surface area (Å²) in [7, 11) is 0. The van der Waals surface area contributed by atoms with Crippen molar-refractivity contribution in [3.8, 4) is 0 Å². The Morgan fingerprint density at radius 2 is 2.08 bits per heavy atom. The Bertz CT molecular complexity index is 149. The average molecular weight is 185 g/mol. The maximum absolute atomic E-state index is 5.62. The fourth-order valence-corrected chi connectivity index (χ4v) is 4.60. The van der Waals surface area contributed by atoms with E-state index in [9.17, 15) is 0 Å². The second kappa shape index (κ2) is 4.01. The van der Waals surface area contributed by atoms with Gasteiger partial charge in [0.25, 0.3) is 0 Å². The number of rotatable bonds is 2. The van der Waals surface area contributed by atoms with Gasteiger partial charge in [0, 0.05) is 5.25 Å². The van der Waals surface area contributed by atoms with Crippen molar-refractivity contribution in [2.45, 2.75) is 37.4 Å². The normalized spacial score (nSPS) is 41.2. The largest absolute Gasteiger partial charge is 0.330 e. The highest BCUT2D eigenvalue weighted by Gasteiger charge is 2.37. The van der Waals surface area contributed by atoms with Crippen LogP contribution in [-0.4, -0.2) is 17.5 Å². The van der Waals surface area contributed by atoms with E-state index < -0.39 is 0 Å². The first kappa shape index (κ1) is 8.89. The Labute approximate surface area is 79.5 Å². The lowest BCUT2D eigenvalue weighted by Gasteiger charge is -2.27. The Hall–Kier alpha value is 0.310. The molecule has 0 amide bonds. The third-order valence-electron chi connectivity index (χ3n) is 3.42. The SMILES string of the molecule is NCCC1CSC2CCCCC12. The topological polar surface area (TPSA) is 26.0 Å². The summed E-state index contributed by atoms with van der Waals surface area (Å²) in [4.78, 5) is 0. The van der Waals surface area contributed by atoms with E-state index in [0.717, 1.165) is 23.6 Å². The maximum atomic E-state index is 5.62. The van der Waals surface area contributed by atoms with Gasteiger partial charge in [-0.05, 0) is 43.4 Å². The molecule has 1 saturated heterocycles. The molecule has 0 bridgehead atoms. The molecule has 2 N–H and O–H groups in total. The van der Waals surface area contributed by atoms with Crippen LogP contribution in [-0.2, 0) is 0 Å². The van der Waals surface area contributed by atoms with Crippen molar-refractivity contribution in [3.63, 3.8) is 0 Å². The van der Waals surface area contributed by atoms with Gasteiger partial charge in [0.05, 0.1) is 0 Å².